The number of carboxylic acid groups (broad SMARTS) is 1. The van der Waals surface area contributed by atoms with E-state index in [9.17, 15) is 19.5 Å². The van der Waals surface area contributed by atoms with Gasteiger partial charge in [0.15, 0.2) is 0 Å². The van der Waals surface area contributed by atoms with Crippen molar-refractivity contribution in [2.45, 2.75) is 32.2 Å². The molecule has 1 aromatic carbocycles. The second kappa shape index (κ2) is 7.70. The first-order chi connectivity index (χ1) is 12.5. The van der Waals surface area contributed by atoms with E-state index in [1.165, 1.54) is 16.2 Å². The number of likely N-dealkylation sites (tertiary alicyclic amines) is 1. The van der Waals surface area contributed by atoms with E-state index in [1.807, 2.05) is 12.3 Å². The topological polar surface area (TPSA) is 86.7 Å². The normalized spacial score (nSPS) is 17.0. The lowest BCUT2D eigenvalue weighted by Gasteiger charge is -2.33. The van der Waals surface area contributed by atoms with Crippen molar-refractivity contribution in [3.63, 3.8) is 0 Å². The van der Waals surface area contributed by atoms with Gasteiger partial charge in [-0.1, -0.05) is 6.07 Å². The largest absolute Gasteiger partial charge is 0.480 e. The summed E-state index contributed by atoms with van der Waals surface area (Å²) < 4.78 is 0. The molecule has 6 nitrogen and oxygen atoms in total. The number of aliphatic carboxylic acids is 1. The van der Waals surface area contributed by atoms with Crippen molar-refractivity contribution in [2.24, 2.45) is 0 Å². The highest BCUT2D eigenvalue weighted by Crippen LogP contribution is 2.22. The maximum Gasteiger partial charge on any atom is 0.326 e. The van der Waals surface area contributed by atoms with Crippen molar-refractivity contribution in [2.75, 3.05) is 11.9 Å². The quantitative estimate of drug-likeness (QED) is 0.861. The Balaban J connectivity index is 1.78. The zero-order valence-corrected chi connectivity index (χ0v) is 15.2. The monoisotopic (exact) mass is 372 g/mol. The molecule has 1 atom stereocenters. The number of hydrogen-bond acceptors (Lipinski definition) is 4. The summed E-state index contributed by atoms with van der Waals surface area (Å²) in [6, 6.07) is 5.84. The third-order valence-corrected chi connectivity index (χ3v) is 5.38. The lowest BCUT2D eigenvalue weighted by atomic mass is 10.0. The molecule has 1 saturated heterocycles. The molecule has 2 aromatic rings. The Kier molecular flexibility index (Phi) is 5.37. The smallest absolute Gasteiger partial charge is 0.326 e. The number of rotatable bonds is 4. The highest BCUT2D eigenvalue weighted by atomic mass is 32.1. The van der Waals surface area contributed by atoms with Gasteiger partial charge in [-0.3, -0.25) is 9.59 Å². The number of hydrogen-bond donors (Lipinski definition) is 2. The lowest BCUT2D eigenvalue weighted by molar-refractivity contribution is -0.143. The van der Waals surface area contributed by atoms with Gasteiger partial charge < -0.3 is 15.3 Å². The molecule has 3 rings (SSSR count). The Morgan fingerprint density at radius 1 is 1.23 bits per heavy atom. The van der Waals surface area contributed by atoms with Crippen LogP contribution < -0.4 is 5.32 Å². The van der Waals surface area contributed by atoms with Gasteiger partial charge in [0.05, 0.1) is 5.56 Å². The molecule has 0 aliphatic carbocycles. The molecule has 26 heavy (non-hydrogen) atoms. The Bertz CT molecular complexity index is 846. The number of nitrogens with one attached hydrogen (secondary N) is 1. The van der Waals surface area contributed by atoms with Gasteiger partial charge in [-0.15, -0.1) is 0 Å². The number of carbonyl (C=O) groups is 3. The predicted octanol–water partition coefficient (Wildman–Crippen LogP) is 3.39. The van der Waals surface area contributed by atoms with Crippen LogP contribution in [-0.2, 0) is 4.79 Å². The Morgan fingerprint density at radius 2 is 2.04 bits per heavy atom. The molecule has 7 heteroatoms. The average Bonchev–Trinajstić information content (AvgIpc) is 3.07. The van der Waals surface area contributed by atoms with E-state index < -0.39 is 12.0 Å². The van der Waals surface area contributed by atoms with Gasteiger partial charge in [0.2, 0.25) is 0 Å². The van der Waals surface area contributed by atoms with Gasteiger partial charge in [-0.2, -0.15) is 11.3 Å². The van der Waals surface area contributed by atoms with Gasteiger partial charge in [0.25, 0.3) is 11.8 Å². The van der Waals surface area contributed by atoms with E-state index in [2.05, 4.69) is 5.32 Å². The van der Waals surface area contributed by atoms with E-state index in [4.69, 9.17) is 0 Å². The minimum absolute atomic E-state index is 0.227. The second-order valence-corrected chi connectivity index (χ2v) is 7.10. The number of amides is 2. The summed E-state index contributed by atoms with van der Waals surface area (Å²) in [4.78, 5) is 38.0. The zero-order chi connectivity index (χ0) is 18.7. The van der Waals surface area contributed by atoms with Crippen molar-refractivity contribution in [1.82, 2.24) is 4.90 Å². The van der Waals surface area contributed by atoms with Crippen LogP contribution in [0.2, 0.25) is 0 Å². The molecule has 1 aliphatic rings. The molecule has 1 aliphatic heterocycles. The maximum absolute atomic E-state index is 12.8. The molecule has 0 spiro atoms. The molecule has 1 aromatic heterocycles. The number of carboxylic acids is 1. The fraction of sp³-hybridized carbons (Fsp3) is 0.316. The zero-order valence-electron chi connectivity index (χ0n) is 14.4. The van der Waals surface area contributed by atoms with Crippen LogP contribution in [0.1, 0.15) is 45.5 Å². The fourth-order valence-electron chi connectivity index (χ4n) is 3.12. The van der Waals surface area contributed by atoms with Gasteiger partial charge in [0.1, 0.15) is 6.04 Å². The van der Waals surface area contributed by atoms with E-state index >= 15 is 0 Å². The van der Waals surface area contributed by atoms with E-state index in [0.717, 1.165) is 18.4 Å². The van der Waals surface area contributed by atoms with E-state index in [0.29, 0.717) is 29.8 Å². The van der Waals surface area contributed by atoms with Crippen LogP contribution in [0.4, 0.5) is 5.69 Å². The van der Waals surface area contributed by atoms with Gasteiger partial charge in [-0.25, -0.2) is 4.79 Å². The summed E-state index contributed by atoms with van der Waals surface area (Å²) in [5, 5.41) is 15.8. The Labute approximate surface area is 155 Å². The Hall–Kier alpha value is -2.67. The molecule has 2 heterocycles. The maximum atomic E-state index is 12.8. The fourth-order valence-corrected chi connectivity index (χ4v) is 3.95. The first kappa shape index (κ1) is 18.1. The summed E-state index contributed by atoms with van der Waals surface area (Å²) in [6.07, 6.45) is 2.06. The summed E-state index contributed by atoms with van der Waals surface area (Å²) >= 11 is 1.46. The third kappa shape index (κ3) is 3.77. The number of nitrogens with zero attached hydrogens (tertiary/aromatic N) is 1. The molecule has 1 fully saturated rings. The Morgan fingerprint density at radius 3 is 2.73 bits per heavy atom. The number of thiophene rings is 1. The summed E-state index contributed by atoms with van der Waals surface area (Å²) in [6.45, 7) is 2.30. The minimum atomic E-state index is -0.976. The molecule has 136 valence electrons. The second-order valence-electron chi connectivity index (χ2n) is 6.35. The van der Waals surface area contributed by atoms with E-state index in [-0.39, 0.29) is 11.8 Å². The molecule has 0 saturated carbocycles. The van der Waals surface area contributed by atoms with Gasteiger partial charge >= 0.3 is 5.97 Å². The molecular formula is C19H20N2O4S. The summed E-state index contributed by atoms with van der Waals surface area (Å²) in [5.41, 5.74) is 2.39. The number of benzene rings is 1. The van der Waals surface area contributed by atoms with Gasteiger partial charge in [0, 0.05) is 23.2 Å². The SMILES string of the molecule is Cc1cscc1C(=O)Nc1cccc(C(=O)N2CCCCC2C(=O)O)c1. The average molecular weight is 372 g/mol. The van der Waals surface area contributed by atoms with Crippen molar-refractivity contribution in [3.05, 3.63) is 51.7 Å². The van der Waals surface area contributed by atoms with Crippen LogP contribution in [-0.4, -0.2) is 40.4 Å². The number of aryl methyl sites for hydroxylation is 1. The van der Waals surface area contributed by atoms with Crippen LogP contribution in [0.3, 0.4) is 0 Å². The van der Waals surface area contributed by atoms with Crippen LogP contribution in [0.25, 0.3) is 0 Å². The first-order valence-corrected chi connectivity index (χ1v) is 9.39. The molecule has 2 amide bonds. The van der Waals surface area contributed by atoms with Crippen LogP contribution >= 0.6 is 11.3 Å². The van der Waals surface area contributed by atoms with E-state index in [1.54, 1.807) is 29.6 Å². The van der Waals surface area contributed by atoms with Crippen LogP contribution in [0.5, 0.6) is 0 Å². The van der Waals surface area contributed by atoms with Crippen molar-refractivity contribution in [3.8, 4) is 0 Å². The number of anilines is 1. The highest BCUT2D eigenvalue weighted by Gasteiger charge is 2.32. The van der Waals surface area contributed by atoms with Gasteiger partial charge in [-0.05, 0) is 55.3 Å². The standard InChI is InChI=1S/C19H20N2O4S/c1-12-10-26-11-15(12)17(22)20-14-6-4-5-13(9-14)18(23)21-8-3-2-7-16(21)19(24)25/h4-6,9-11,16H,2-3,7-8H2,1H3,(H,20,22)(H,24,25). The number of piperidine rings is 1. The predicted molar refractivity (Wildman–Crippen MR) is 99.8 cm³/mol. The third-order valence-electron chi connectivity index (χ3n) is 4.52. The number of carbonyl (C=O) groups excluding carboxylic acids is 2. The summed E-state index contributed by atoms with van der Waals surface area (Å²) in [7, 11) is 0. The molecule has 2 N–H and O–H groups in total. The molecular weight excluding hydrogens is 352 g/mol. The highest BCUT2D eigenvalue weighted by molar-refractivity contribution is 7.08. The molecule has 1 unspecified atom stereocenters. The van der Waals surface area contributed by atoms with Crippen molar-refractivity contribution in [1.29, 1.82) is 0 Å². The van der Waals surface area contributed by atoms with Crippen LogP contribution in [0.15, 0.2) is 35.0 Å². The van der Waals surface area contributed by atoms with Crippen molar-refractivity contribution < 1.29 is 19.5 Å². The lowest BCUT2D eigenvalue weighted by Crippen LogP contribution is -2.48. The first-order valence-electron chi connectivity index (χ1n) is 8.45. The van der Waals surface area contributed by atoms with Crippen molar-refractivity contribution >= 4 is 34.8 Å². The summed E-state index contributed by atoms with van der Waals surface area (Å²) in [5.74, 6) is -1.52. The molecule has 0 bridgehead atoms. The van der Waals surface area contributed by atoms with Crippen LogP contribution in [0, 0.1) is 6.92 Å². The minimum Gasteiger partial charge on any atom is -0.480 e. The molecule has 0 radical (unpaired) electrons.